The Hall–Kier alpha value is -1.14. The van der Waals surface area contributed by atoms with Gasteiger partial charge in [0.2, 0.25) is 0 Å². The minimum Gasteiger partial charge on any atom is -0.385 e. The Balaban J connectivity index is 2.17. The van der Waals surface area contributed by atoms with E-state index in [0.29, 0.717) is 32.0 Å². The molecule has 0 unspecified atom stereocenters. The molecule has 1 aliphatic heterocycles. The number of piperidine rings is 1. The van der Waals surface area contributed by atoms with Gasteiger partial charge in [0.05, 0.1) is 11.2 Å². The summed E-state index contributed by atoms with van der Waals surface area (Å²) in [5, 5.41) is 10.6. The normalized spacial score (nSPS) is 19.7. The maximum atomic E-state index is 13.6. The first kappa shape index (κ1) is 16.2. The van der Waals surface area contributed by atoms with Crippen LogP contribution in [0.25, 0.3) is 0 Å². The molecular formula is C15H19F4NO. The number of aliphatic hydroxyl groups is 1. The number of alkyl halides is 3. The van der Waals surface area contributed by atoms with Gasteiger partial charge in [0.1, 0.15) is 5.82 Å². The molecule has 118 valence electrons. The summed E-state index contributed by atoms with van der Waals surface area (Å²) in [5.74, 6) is -1.33. The molecule has 1 aromatic carbocycles. The monoisotopic (exact) mass is 305 g/mol. The zero-order valence-electron chi connectivity index (χ0n) is 11.9. The first-order chi connectivity index (χ1) is 9.76. The highest BCUT2D eigenvalue weighted by atomic mass is 19.4. The Morgan fingerprint density at radius 3 is 2.33 bits per heavy atom. The average Bonchev–Trinajstić information content (AvgIpc) is 2.40. The molecule has 2 nitrogen and oxygen atoms in total. The maximum absolute atomic E-state index is 13.6. The van der Waals surface area contributed by atoms with Crippen LogP contribution in [-0.2, 0) is 11.8 Å². The van der Waals surface area contributed by atoms with E-state index in [0.717, 1.165) is 19.0 Å². The van der Waals surface area contributed by atoms with Gasteiger partial charge < -0.3 is 10.0 Å². The fourth-order valence-electron chi connectivity index (χ4n) is 2.79. The summed E-state index contributed by atoms with van der Waals surface area (Å²) in [7, 11) is 0. The van der Waals surface area contributed by atoms with Crippen LogP contribution < -0.4 is 0 Å². The van der Waals surface area contributed by atoms with Gasteiger partial charge in [-0.15, -0.1) is 0 Å². The van der Waals surface area contributed by atoms with Crippen molar-refractivity contribution in [1.82, 2.24) is 4.90 Å². The average molecular weight is 305 g/mol. The van der Waals surface area contributed by atoms with E-state index in [1.54, 1.807) is 0 Å². The Kier molecular flexibility index (Phi) is 4.58. The van der Waals surface area contributed by atoms with Crippen LogP contribution in [0.4, 0.5) is 17.6 Å². The van der Waals surface area contributed by atoms with Gasteiger partial charge in [0.15, 0.2) is 0 Å². The molecule has 0 bridgehead atoms. The third-order valence-electron chi connectivity index (χ3n) is 4.03. The van der Waals surface area contributed by atoms with E-state index in [-0.39, 0.29) is 5.56 Å². The lowest BCUT2D eigenvalue weighted by atomic mass is 9.84. The molecule has 21 heavy (non-hydrogen) atoms. The fourth-order valence-corrected chi connectivity index (χ4v) is 2.79. The highest BCUT2D eigenvalue weighted by Gasteiger charge is 2.37. The standard InChI is InChI=1S/C15H19F4NO/c1-2-7-20-8-5-14(21,6-9-20)11-3-4-12(13(16)10-11)15(17,18)19/h3-4,10,21H,2,5-9H2,1H3. The number of likely N-dealkylation sites (tertiary alicyclic amines) is 1. The zero-order valence-corrected chi connectivity index (χ0v) is 11.9. The van der Waals surface area contributed by atoms with Gasteiger partial charge in [0.25, 0.3) is 0 Å². The third kappa shape index (κ3) is 3.55. The molecule has 0 aliphatic carbocycles. The second kappa shape index (κ2) is 5.93. The van der Waals surface area contributed by atoms with Crippen molar-refractivity contribution >= 4 is 0 Å². The van der Waals surface area contributed by atoms with Crippen molar-refractivity contribution < 1.29 is 22.7 Å². The third-order valence-corrected chi connectivity index (χ3v) is 4.03. The van der Waals surface area contributed by atoms with Crippen LogP contribution in [-0.4, -0.2) is 29.6 Å². The van der Waals surface area contributed by atoms with Crippen molar-refractivity contribution in [2.45, 2.75) is 38.0 Å². The smallest absolute Gasteiger partial charge is 0.385 e. The minimum absolute atomic E-state index is 0.226. The summed E-state index contributed by atoms with van der Waals surface area (Å²) in [6.07, 6.45) is -2.90. The van der Waals surface area contributed by atoms with Gasteiger partial charge >= 0.3 is 6.18 Å². The summed E-state index contributed by atoms with van der Waals surface area (Å²) in [6.45, 7) is 4.31. The molecule has 0 aromatic heterocycles. The number of hydrogen-bond acceptors (Lipinski definition) is 2. The molecular weight excluding hydrogens is 286 g/mol. The predicted octanol–water partition coefficient (Wildman–Crippen LogP) is 3.54. The minimum atomic E-state index is -4.71. The molecule has 0 spiro atoms. The first-order valence-corrected chi connectivity index (χ1v) is 7.08. The molecule has 2 rings (SSSR count). The van der Waals surface area contributed by atoms with Crippen molar-refractivity contribution in [2.75, 3.05) is 19.6 Å². The Bertz CT molecular complexity index is 493. The van der Waals surface area contributed by atoms with E-state index >= 15 is 0 Å². The van der Waals surface area contributed by atoms with Crippen LogP contribution >= 0.6 is 0 Å². The number of rotatable bonds is 3. The SMILES string of the molecule is CCCN1CCC(O)(c2ccc(C(F)(F)F)c(F)c2)CC1. The number of halogens is 4. The lowest BCUT2D eigenvalue weighted by molar-refractivity contribution is -0.140. The van der Waals surface area contributed by atoms with Crippen LogP contribution in [0.15, 0.2) is 18.2 Å². The van der Waals surface area contributed by atoms with Crippen molar-refractivity contribution in [3.63, 3.8) is 0 Å². The predicted molar refractivity (Wildman–Crippen MR) is 71.3 cm³/mol. The van der Waals surface area contributed by atoms with Crippen LogP contribution in [0.1, 0.15) is 37.3 Å². The van der Waals surface area contributed by atoms with Gasteiger partial charge in [-0.05, 0) is 43.5 Å². The zero-order chi connectivity index (χ0) is 15.7. The van der Waals surface area contributed by atoms with E-state index in [2.05, 4.69) is 11.8 Å². The van der Waals surface area contributed by atoms with Crippen LogP contribution in [0, 0.1) is 5.82 Å². The van der Waals surface area contributed by atoms with E-state index in [1.165, 1.54) is 6.07 Å². The Morgan fingerprint density at radius 2 is 1.86 bits per heavy atom. The molecule has 1 fully saturated rings. The van der Waals surface area contributed by atoms with E-state index in [9.17, 15) is 22.7 Å². The molecule has 0 radical (unpaired) electrons. The van der Waals surface area contributed by atoms with Gasteiger partial charge in [-0.25, -0.2) is 4.39 Å². The molecule has 1 aromatic rings. The molecule has 0 amide bonds. The molecule has 0 atom stereocenters. The van der Waals surface area contributed by atoms with Crippen LogP contribution in [0.3, 0.4) is 0 Å². The molecule has 1 aliphatic rings. The summed E-state index contributed by atoms with van der Waals surface area (Å²) < 4.78 is 51.3. The number of nitrogens with zero attached hydrogens (tertiary/aromatic N) is 1. The van der Waals surface area contributed by atoms with E-state index < -0.39 is 23.2 Å². The fraction of sp³-hybridized carbons (Fsp3) is 0.600. The summed E-state index contributed by atoms with van der Waals surface area (Å²) in [6, 6.07) is 2.71. The highest BCUT2D eigenvalue weighted by molar-refractivity contribution is 5.30. The molecule has 1 N–H and O–H groups in total. The van der Waals surface area contributed by atoms with Gasteiger partial charge in [-0.2, -0.15) is 13.2 Å². The topological polar surface area (TPSA) is 23.5 Å². The second-order valence-electron chi connectivity index (χ2n) is 5.57. The van der Waals surface area contributed by atoms with Gasteiger partial charge in [-0.1, -0.05) is 13.0 Å². The maximum Gasteiger partial charge on any atom is 0.419 e. The molecule has 1 saturated heterocycles. The van der Waals surface area contributed by atoms with Crippen molar-refractivity contribution in [3.05, 3.63) is 35.1 Å². The largest absolute Gasteiger partial charge is 0.419 e. The molecule has 0 saturated carbocycles. The van der Waals surface area contributed by atoms with Crippen molar-refractivity contribution in [1.29, 1.82) is 0 Å². The summed E-state index contributed by atoms with van der Waals surface area (Å²) in [4.78, 5) is 2.19. The van der Waals surface area contributed by atoms with E-state index in [4.69, 9.17) is 0 Å². The first-order valence-electron chi connectivity index (χ1n) is 7.08. The summed E-state index contributed by atoms with van der Waals surface area (Å²) >= 11 is 0. The van der Waals surface area contributed by atoms with Crippen molar-refractivity contribution in [3.8, 4) is 0 Å². The lowest BCUT2D eigenvalue weighted by Crippen LogP contribution is -2.42. The van der Waals surface area contributed by atoms with Crippen LogP contribution in [0.5, 0.6) is 0 Å². The second-order valence-corrected chi connectivity index (χ2v) is 5.57. The van der Waals surface area contributed by atoms with Gasteiger partial charge in [-0.3, -0.25) is 0 Å². The summed E-state index contributed by atoms with van der Waals surface area (Å²) in [5.41, 5.74) is -2.31. The quantitative estimate of drug-likeness (QED) is 0.864. The molecule has 1 heterocycles. The lowest BCUT2D eigenvalue weighted by Gasteiger charge is -2.38. The van der Waals surface area contributed by atoms with Crippen molar-refractivity contribution in [2.24, 2.45) is 0 Å². The number of hydrogen-bond donors (Lipinski definition) is 1. The van der Waals surface area contributed by atoms with Gasteiger partial charge in [0, 0.05) is 13.1 Å². The Labute approximate surface area is 121 Å². The van der Waals surface area contributed by atoms with Crippen LogP contribution in [0.2, 0.25) is 0 Å². The molecule has 6 heteroatoms. The highest BCUT2D eigenvalue weighted by Crippen LogP contribution is 2.37. The number of benzene rings is 1. The Morgan fingerprint density at radius 1 is 1.24 bits per heavy atom. The van der Waals surface area contributed by atoms with E-state index in [1.807, 2.05) is 0 Å².